The van der Waals surface area contributed by atoms with Crippen LogP contribution in [0, 0.1) is 5.92 Å². The number of thiophene rings is 1. The fourth-order valence-electron chi connectivity index (χ4n) is 4.04. The van der Waals surface area contributed by atoms with Gasteiger partial charge >= 0.3 is 0 Å². The van der Waals surface area contributed by atoms with E-state index in [1.54, 1.807) is 17.7 Å². The van der Waals surface area contributed by atoms with Crippen LogP contribution < -0.4 is 14.8 Å². The predicted octanol–water partition coefficient (Wildman–Crippen LogP) is 4.51. The molecule has 1 aliphatic heterocycles. The zero-order valence-electron chi connectivity index (χ0n) is 16.9. The average molecular weight is 442 g/mol. The molecule has 0 fully saturated rings. The van der Waals surface area contributed by atoms with Crippen molar-refractivity contribution >= 4 is 39.2 Å². The molecule has 1 aromatic carbocycles. The molecule has 1 amide bonds. The van der Waals surface area contributed by atoms with E-state index < -0.39 is 0 Å². The molecule has 0 saturated heterocycles. The molecule has 1 aliphatic carbocycles. The number of hydrogen-bond acceptors (Lipinski definition) is 7. The Bertz CT molecular complexity index is 1110. The Morgan fingerprint density at radius 3 is 3.10 bits per heavy atom. The SMILES string of the molecule is C[C@@H]1CCc2c(sc3ncnc(SCC(=O)N[C@H](C)c4ccc5c(c4)OCO5)c23)C1. The topological polar surface area (TPSA) is 73.3 Å². The van der Waals surface area contributed by atoms with Gasteiger partial charge in [0.25, 0.3) is 0 Å². The van der Waals surface area contributed by atoms with Gasteiger partial charge in [-0.1, -0.05) is 24.8 Å². The number of aromatic nitrogens is 2. The summed E-state index contributed by atoms with van der Waals surface area (Å²) >= 11 is 3.27. The Labute approximate surface area is 183 Å². The third-order valence-corrected chi connectivity index (χ3v) is 7.82. The first-order valence-electron chi connectivity index (χ1n) is 10.2. The first-order valence-corrected chi connectivity index (χ1v) is 12.0. The first kappa shape index (κ1) is 19.6. The zero-order chi connectivity index (χ0) is 20.7. The van der Waals surface area contributed by atoms with Gasteiger partial charge in [-0.15, -0.1) is 11.3 Å². The molecular weight excluding hydrogens is 418 g/mol. The van der Waals surface area contributed by atoms with Crippen LogP contribution in [0.5, 0.6) is 11.5 Å². The normalized spacial score (nSPS) is 18.3. The van der Waals surface area contributed by atoms with Crippen LogP contribution in [0.15, 0.2) is 29.6 Å². The van der Waals surface area contributed by atoms with E-state index in [-0.39, 0.29) is 18.7 Å². The van der Waals surface area contributed by atoms with Crippen molar-refractivity contribution < 1.29 is 14.3 Å². The van der Waals surface area contributed by atoms with Crippen LogP contribution in [-0.4, -0.2) is 28.4 Å². The van der Waals surface area contributed by atoms with Crippen molar-refractivity contribution in [1.82, 2.24) is 15.3 Å². The number of nitrogens with zero attached hydrogens (tertiary/aromatic N) is 2. The number of rotatable bonds is 5. The van der Waals surface area contributed by atoms with Crippen LogP contribution in [-0.2, 0) is 17.6 Å². The highest BCUT2D eigenvalue weighted by molar-refractivity contribution is 8.00. The van der Waals surface area contributed by atoms with E-state index in [9.17, 15) is 4.79 Å². The largest absolute Gasteiger partial charge is 0.454 e. The number of carbonyl (C=O) groups is 1. The fourth-order valence-corrected chi connectivity index (χ4v) is 6.29. The molecule has 6 nitrogen and oxygen atoms in total. The lowest BCUT2D eigenvalue weighted by Crippen LogP contribution is -2.28. The van der Waals surface area contributed by atoms with Gasteiger partial charge in [-0.2, -0.15) is 0 Å². The van der Waals surface area contributed by atoms with Crippen LogP contribution in [0.3, 0.4) is 0 Å². The molecule has 2 aliphatic rings. The van der Waals surface area contributed by atoms with Crippen LogP contribution >= 0.6 is 23.1 Å². The number of aryl methyl sites for hydroxylation is 1. The van der Waals surface area contributed by atoms with Crippen molar-refractivity contribution in [2.75, 3.05) is 12.5 Å². The molecule has 8 heteroatoms. The molecule has 0 bridgehead atoms. The highest BCUT2D eigenvalue weighted by Crippen LogP contribution is 2.40. The van der Waals surface area contributed by atoms with E-state index in [0.717, 1.165) is 51.1 Å². The van der Waals surface area contributed by atoms with Crippen molar-refractivity contribution in [3.8, 4) is 11.5 Å². The summed E-state index contributed by atoms with van der Waals surface area (Å²) in [7, 11) is 0. The van der Waals surface area contributed by atoms with Crippen LogP contribution in [0.1, 0.15) is 42.3 Å². The highest BCUT2D eigenvalue weighted by Gasteiger charge is 2.23. The number of ether oxygens (including phenoxy) is 2. The second-order valence-electron chi connectivity index (χ2n) is 7.90. The van der Waals surface area contributed by atoms with Crippen LogP contribution in [0.4, 0.5) is 0 Å². The van der Waals surface area contributed by atoms with Crippen molar-refractivity contribution in [3.63, 3.8) is 0 Å². The molecule has 2 aromatic heterocycles. The van der Waals surface area contributed by atoms with Gasteiger partial charge < -0.3 is 14.8 Å². The van der Waals surface area contributed by atoms with Crippen molar-refractivity contribution in [2.24, 2.45) is 5.92 Å². The van der Waals surface area contributed by atoms with Gasteiger partial charge in [-0.3, -0.25) is 4.79 Å². The van der Waals surface area contributed by atoms with E-state index in [2.05, 4.69) is 22.2 Å². The lowest BCUT2D eigenvalue weighted by atomic mass is 9.89. The highest BCUT2D eigenvalue weighted by atomic mass is 32.2. The summed E-state index contributed by atoms with van der Waals surface area (Å²) in [5, 5.41) is 5.14. The second kappa shape index (κ2) is 8.07. The van der Waals surface area contributed by atoms with Gasteiger partial charge in [-0.05, 0) is 55.4 Å². The van der Waals surface area contributed by atoms with Gasteiger partial charge in [0.1, 0.15) is 16.2 Å². The number of amides is 1. The van der Waals surface area contributed by atoms with E-state index in [0.29, 0.717) is 5.75 Å². The average Bonchev–Trinajstić information content (AvgIpc) is 3.35. The quantitative estimate of drug-likeness (QED) is 0.464. The van der Waals surface area contributed by atoms with Crippen molar-refractivity contribution in [2.45, 2.75) is 44.2 Å². The number of carbonyl (C=O) groups excluding carboxylic acids is 1. The predicted molar refractivity (Wildman–Crippen MR) is 118 cm³/mol. The lowest BCUT2D eigenvalue weighted by molar-refractivity contribution is -0.119. The summed E-state index contributed by atoms with van der Waals surface area (Å²) < 4.78 is 10.8. The second-order valence-corrected chi connectivity index (χ2v) is 9.95. The monoisotopic (exact) mass is 441 g/mol. The summed E-state index contributed by atoms with van der Waals surface area (Å²) in [6, 6.07) is 5.65. The van der Waals surface area contributed by atoms with Crippen molar-refractivity contribution in [3.05, 3.63) is 40.5 Å². The van der Waals surface area contributed by atoms with E-state index in [4.69, 9.17) is 9.47 Å². The molecule has 0 unspecified atom stereocenters. The number of fused-ring (bicyclic) bond motifs is 4. The van der Waals surface area contributed by atoms with E-state index in [1.807, 2.05) is 25.1 Å². The van der Waals surface area contributed by atoms with Crippen molar-refractivity contribution in [1.29, 1.82) is 0 Å². The van der Waals surface area contributed by atoms with Gasteiger partial charge in [0, 0.05) is 10.3 Å². The molecule has 5 rings (SSSR count). The Kier molecular flexibility index (Phi) is 5.28. The minimum atomic E-state index is -0.117. The minimum absolute atomic E-state index is 0.0188. The Morgan fingerprint density at radius 1 is 1.33 bits per heavy atom. The summed E-state index contributed by atoms with van der Waals surface area (Å²) in [5.41, 5.74) is 2.38. The Morgan fingerprint density at radius 2 is 2.20 bits per heavy atom. The molecule has 0 spiro atoms. The molecule has 1 N–H and O–H groups in total. The molecule has 0 radical (unpaired) electrons. The number of hydrogen-bond donors (Lipinski definition) is 1. The standard InChI is InChI=1S/C22H23N3O3S2/c1-12-3-5-15-18(7-12)30-22-20(15)21(23-10-24-22)29-9-19(26)25-13(2)14-4-6-16-17(8-14)28-11-27-16/h4,6,8,10,12-13H,3,5,7,9,11H2,1-2H3,(H,25,26)/t12-,13-/m1/s1. The molecular formula is C22H23N3O3S2. The van der Waals surface area contributed by atoms with Crippen LogP contribution in [0.2, 0.25) is 0 Å². The summed E-state index contributed by atoms with van der Waals surface area (Å²) in [6.45, 7) is 4.52. The first-order chi connectivity index (χ1) is 14.6. The summed E-state index contributed by atoms with van der Waals surface area (Å²) in [4.78, 5) is 24.1. The number of benzene rings is 1. The van der Waals surface area contributed by atoms with E-state index in [1.165, 1.54) is 28.6 Å². The Hall–Kier alpha value is -2.32. The third-order valence-electron chi connectivity index (χ3n) is 5.67. The molecule has 3 aromatic rings. The zero-order valence-corrected chi connectivity index (χ0v) is 18.6. The summed E-state index contributed by atoms with van der Waals surface area (Å²) in [6.07, 6.45) is 5.01. The minimum Gasteiger partial charge on any atom is -0.454 e. The van der Waals surface area contributed by atoms with E-state index >= 15 is 0 Å². The Balaban J connectivity index is 1.27. The molecule has 30 heavy (non-hydrogen) atoms. The summed E-state index contributed by atoms with van der Waals surface area (Å²) in [5.74, 6) is 2.49. The maximum atomic E-state index is 12.6. The van der Waals surface area contributed by atoms with Crippen LogP contribution in [0.25, 0.3) is 10.2 Å². The molecule has 0 saturated carbocycles. The molecule has 156 valence electrons. The maximum absolute atomic E-state index is 12.6. The molecule has 2 atom stereocenters. The molecule has 3 heterocycles. The maximum Gasteiger partial charge on any atom is 0.231 e. The van der Waals surface area contributed by atoms with Gasteiger partial charge in [-0.25, -0.2) is 9.97 Å². The third kappa shape index (κ3) is 3.74. The van der Waals surface area contributed by atoms with Gasteiger partial charge in [0.05, 0.1) is 11.8 Å². The van der Waals surface area contributed by atoms with Gasteiger partial charge in [0.2, 0.25) is 12.7 Å². The fraction of sp³-hybridized carbons (Fsp3) is 0.409. The number of nitrogens with one attached hydrogen (secondary N) is 1. The lowest BCUT2D eigenvalue weighted by Gasteiger charge is -2.18. The van der Waals surface area contributed by atoms with Gasteiger partial charge in [0.15, 0.2) is 11.5 Å². The number of thioether (sulfide) groups is 1. The smallest absolute Gasteiger partial charge is 0.231 e.